The molecule has 0 aliphatic heterocycles. The molecule has 1 N–H and O–H groups in total. The third-order valence-electron chi connectivity index (χ3n) is 6.36. The van der Waals surface area contributed by atoms with Gasteiger partial charge in [0.2, 0.25) is 21.8 Å². The predicted molar refractivity (Wildman–Crippen MR) is 153 cm³/mol. The van der Waals surface area contributed by atoms with Crippen LogP contribution in [0.3, 0.4) is 0 Å². The quantitative estimate of drug-likeness (QED) is 0.288. The zero-order valence-electron chi connectivity index (χ0n) is 21.8. The number of likely N-dealkylation sites (N-methyl/N-ethyl adjacent to an activating group) is 1. The second kappa shape index (κ2) is 13.4. The monoisotopic (exact) mass is 577 g/mol. The van der Waals surface area contributed by atoms with Gasteiger partial charge in [0.25, 0.3) is 0 Å². The molecule has 3 aromatic carbocycles. The standard InChI is InChI=1S/C28H33Cl2N3O4S/c1-4-6-15-31-28(35)26(5-2)33(18-22-11-13-23(29)17-25(22)30)27(34)19-32(3)38(36,37)24-14-12-20-9-7-8-10-21(20)16-24/h7-14,16-17,26H,4-6,15,18-19H2,1-3H3,(H,31,35)/t26-/m1/s1. The maximum Gasteiger partial charge on any atom is 0.243 e. The van der Waals surface area contributed by atoms with Crippen LogP contribution < -0.4 is 5.32 Å². The number of fused-ring (bicyclic) bond motifs is 1. The number of benzene rings is 3. The minimum Gasteiger partial charge on any atom is -0.354 e. The highest BCUT2D eigenvalue weighted by Crippen LogP contribution is 2.25. The summed E-state index contributed by atoms with van der Waals surface area (Å²) in [6.45, 7) is 3.90. The van der Waals surface area contributed by atoms with Gasteiger partial charge in [-0.05, 0) is 53.4 Å². The average molecular weight is 579 g/mol. The molecule has 0 aromatic heterocycles. The number of hydrogen-bond acceptors (Lipinski definition) is 4. The minimum absolute atomic E-state index is 0.0262. The number of halogens is 2. The molecule has 0 spiro atoms. The molecular weight excluding hydrogens is 545 g/mol. The second-order valence-corrected chi connectivity index (χ2v) is 12.0. The Morgan fingerprint density at radius 2 is 1.68 bits per heavy atom. The number of carbonyl (C=O) groups excluding carboxylic acids is 2. The van der Waals surface area contributed by atoms with Crippen molar-refractivity contribution in [1.82, 2.24) is 14.5 Å². The van der Waals surface area contributed by atoms with Gasteiger partial charge in [-0.25, -0.2) is 8.42 Å². The molecule has 0 radical (unpaired) electrons. The summed E-state index contributed by atoms with van der Waals surface area (Å²) in [4.78, 5) is 28.2. The Morgan fingerprint density at radius 3 is 2.34 bits per heavy atom. The smallest absolute Gasteiger partial charge is 0.243 e. The lowest BCUT2D eigenvalue weighted by Gasteiger charge is -2.32. The van der Waals surface area contributed by atoms with E-state index in [9.17, 15) is 18.0 Å². The van der Waals surface area contributed by atoms with Crippen LogP contribution >= 0.6 is 23.2 Å². The molecule has 0 aliphatic carbocycles. The molecular formula is C28H33Cl2N3O4S. The largest absolute Gasteiger partial charge is 0.354 e. The normalized spacial score (nSPS) is 12.5. The lowest BCUT2D eigenvalue weighted by Crippen LogP contribution is -2.51. The lowest BCUT2D eigenvalue weighted by molar-refractivity contribution is -0.141. The van der Waals surface area contributed by atoms with Crippen molar-refractivity contribution in [3.05, 3.63) is 76.3 Å². The lowest BCUT2D eigenvalue weighted by atomic mass is 10.1. The van der Waals surface area contributed by atoms with Crippen LogP contribution in [-0.2, 0) is 26.2 Å². The fourth-order valence-electron chi connectivity index (χ4n) is 4.13. The topological polar surface area (TPSA) is 86.8 Å². The van der Waals surface area contributed by atoms with Crippen LogP contribution in [-0.4, -0.2) is 55.6 Å². The van der Waals surface area contributed by atoms with Gasteiger partial charge in [-0.15, -0.1) is 0 Å². The van der Waals surface area contributed by atoms with Crippen LogP contribution in [0.15, 0.2) is 65.6 Å². The van der Waals surface area contributed by atoms with E-state index in [1.54, 1.807) is 30.3 Å². The Kier molecular flexibility index (Phi) is 10.6. The third-order valence-corrected chi connectivity index (χ3v) is 8.74. The van der Waals surface area contributed by atoms with Gasteiger partial charge in [0, 0.05) is 30.2 Å². The van der Waals surface area contributed by atoms with Gasteiger partial charge in [0.15, 0.2) is 0 Å². The molecule has 2 amide bonds. The number of nitrogens with zero attached hydrogens (tertiary/aromatic N) is 2. The summed E-state index contributed by atoms with van der Waals surface area (Å²) < 4.78 is 27.8. The first kappa shape index (κ1) is 29.9. The predicted octanol–water partition coefficient (Wildman–Crippen LogP) is 5.49. The molecule has 7 nitrogen and oxygen atoms in total. The van der Waals surface area contributed by atoms with Gasteiger partial charge in [-0.2, -0.15) is 4.31 Å². The minimum atomic E-state index is -3.97. The van der Waals surface area contributed by atoms with Crippen LogP contribution in [0.25, 0.3) is 10.8 Å². The van der Waals surface area contributed by atoms with Crippen molar-refractivity contribution in [2.45, 2.75) is 50.6 Å². The Bertz CT molecular complexity index is 1400. The van der Waals surface area contributed by atoms with Crippen molar-refractivity contribution in [3.63, 3.8) is 0 Å². The molecule has 0 saturated heterocycles. The summed E-state index contributed by atoms with van der Waals surface area (Å²) in [5.41, 5.74) is 0.601. The van der Waals surface area contributed by atoms with Gasteiger partial charge in [0.05, 0.1) is 11.4 Å². The Labute approximate surface area is 234 Å². The van der Waals surface area contributed by atoms with Crippen LogP contribution in [0.4, 0.5) is 0 Å². The molecule has 0 bridgehead atoms. The number of nitrogens with one attached hydrogen (secondary N) is 1. The summed E-state index contributed by atoms with van der Waals surface area (Å²) in [7, 11) is -2.61. The van der Waals surface area contributed by atoms with E-state index in [1.807, 2.05) is 38.1 Å². The van der Waals surface area contributed by atoms with Gasteiger partial charge >= 0.3 is 0 Å². The van der Waals surface area contributed by atoms with Crippen LogP contribution in [0.5, 0.6) is 0 Å². The highest BCUT2D eigenvalue weighted by Gasteiger charge is 2.32. The summed E-state index contributed by atoms with van der Waals surface area (Å²) in [6, 6.07) is 16.4. The van der Waals surface area contributed by atoms with Crippen molar-refractivity contribution in [2.24, 2.45) is 0 Å². The SMILES string of the molecule is CCCCNC(=O)[C@@H](CC)N(Cc1ccc(Cl)cc1Cl)C(=O)CN(C)S(=O)(=O)c1ccc2ccccc2c1. The molecule has 0 heterocycles. The molecule has 3 aromatic rings. The highest BCUT2D eigenvalue weighted by atomic mass is 35.5. The van der Waals surface area contributed by atoms with E-state index >= 15 is 0 Å². The van der Waals surface area contributed by atoms with E-state index in [2.05, 4.69) is 5.32 Å². The first-order valence-electron chi connectivity index (χ1n) is 12.5. The van der Waals surface area contributed by atoms with E-state index in [0.29, 0.717) is 28.6 Å². The van der Waals surface area contributed by atoms with Crippen molar-refractivity contribution in [1.29, 1.82) is 0 Å². The maximum atomic E-state index is 13.6. The van der Waals surface area contributed by atoms with E-state index < -0.39 is 28.5 Å². The number of sulfonamides is 1. The molecule has 0 aliphatic rings. The fourth-order valence-corrected chi connectivity index (χ4v) is 5.76. The number of unbranched alkanes of at least 4 members (excludes halogenated alkanes) is 1. The van der Waals surface area contributed by atoms with E-state index in [0.717, 1.165) is 27.9 Å². The van der Waals surface area contributed by atoms with Gasteiger partial charge < -0.3 is 10.2 Å². The summed E-state index contributed by atoms with van der Waals surface area (Å²) in [5, 5.41) is 5.38. The van der Waals surface area contributed by atoms with E-state index in [-0.39, 0.29) is 17.3 Å². The molecule has 0 saturated carbocycles. The maximum absolute atomic E-state index is 13.6. The molecule has 10 heteroatoms. The van der Waals surface area contributed by atoms with Crippen LogP contribution in [0.1, 0.15) is 38.7 Å². The highest BCUT2D eigenvalue weighted by molar-refractivity contribution is 7.89. The van der Waals surface area contributed by atoms with Crippen LogP contribution in [0.2, 0.25) is 10.0 Å². The third kappa shape index (κ3) is 7.26. The summed E-state index contributed by atoms with van der Waals surface area (Å²) in [6.07, 6.45) is 2.07. The number of hydrogen-bond donors (Lipinski definition) is 1. The number of rotatable bonds is 12. The van der Waals surface area contributed by atoms with E-state index in [4.69, 9.17) is 23.2 Å². The molecule has 204 valence electrons. The first-order chi connectivity index (χ1) is 18.1. The molecule has 0 unspecified atom stereocenters. The molecule has 0 fully saturated rings. The fraction of sp³-hybridized carbons (Fsp3) is 0.357. The molecule has 1 atom stereocenters. The second-order valence-electron chi connectivity index (χ2n) is 9.10. The van der Waals surface area contributed by atoms with Gasteiger partial charge in [0.1, 0.15) is 6.04 Å². The average Bonchev–Trinajstić information content (AvgIpc) is 2.89. The zero-order chi connectivity index (χ0) is 27.9. The van der Waals surface area contributed by atoms with Crippen LogP contribution in [0, 0.1) is 0 Å². The van der Waals surface area contributed by atoms with Crippen molar-refractivity contribution < 1.29 is 18.0 Å². The van der Waals surface area contributed by atoms with Crippen molar-refractivity contribution >= 4 is 55.8 Å². The van der Waals surface area contributed by atoms with E-state index in [1.165, 1.54) is 18.0 Å². The number of amides is 2. The van der Waals surface area contributed by atoms with Gasteiger partial charge in [-0.1, -0.05) is 79.9 Å². The molecule has 3 rings (SSSR count). The Morgan fingerprint density at radius 1 is 0.974 bits per heavy atom. The first-order valence-corrected chi connectivity index (χ1v) is 14.7. The Hall–Kier alpha value is -2.65. The number of carbonyl (C=O) groups is 2. The summed E-state index contributed by atoms with van der Waals surface area (Å²) >= 11 is 12.4. The van der Waals surface area contributed by atoms with Crippen molar-refractivity contribution in [2.75, 3.05) is 20.1 Å². The Balaban J connectivity index is 1.88. The zero-order valence-corrected chi connectivity index (χ0v) is 24.1. The molecule has 38 heavy (non-hydrogen) atoms. The summed E-state index contributed by atoms with van der Waals surface area (Å²) in [5.74, 6) is -0.806. The van der Waals surface area contributed by atoms with Crippen molar-refractivity contribution in [3.8, 4) is 0 Å². The van der Waals surface area contributed by atoms with Gasteiger partial charge in [-0.3, -0.25) is 9.59 Å².